The first-order chi connectivity index (χ1) is 8.06. The predicted octanol–water partition coefficient (Wildman–Crippen LogP) is 1.16. The van der Waals surface area contributed by atoms with Gasteiger partial charge >= 0.3 is 5.97 Å². The third kappa shape index (κ3) is 3.19. The molecule has 0 aromatic heterocycles. The molecule has 0 spiro atoms. The van der Waals surface area contributed by atoms with Crippen molar-refractivity contribution in [1.29, 1.82) is 0 Å². The summed E-state index contributed by atoms with van der Waals surface area (Å²) in [6.07, 6.45) is 6.23. The molecule has 4 heteroatoms. The molecule has 4 atom stereocenters. The average molecular weight is 240 g/mol. The minimum absolute atomic E-state index is 0.548. The van der Waals surface area contributed by atoms with Gasteiger partial charge in [0.25, 0.3) is 0 Å². The molecule has 17 heavy (non-hydrogen) atoms. The molecule has 2 saturated carbocycles. The Bertz CT molecular complexity index is 283. The van der Waals surface area contributed by atoms with Crippen LogP contribution in [-0.2, 0) is 4.79 Å². The number of nitrogens with zero attached hydrogens (tertiary/aromatic N) is 1. The average Bonchev–Trinajstić information content (AvgIpc) is 2.87. The first kappa shape index (κ1) is 12.8. The number of fused-ring (bicyclic) bond motifs is 2. The molecule has 3 N–H and O–H groups in total. The highest BCUT2D eigenvalue weighted by Crippen LogP contribution is 2.48. The van der Waals surface area contributed by atoms with Crippen LogP contribution in [0, 0.1) is 17.8 Å². The minimum Gasteiger partial charge on any atom is -0.480 e. The normalized spacial score (nSPS) is 33.2. The number of rotatable bonds is 6. The van der Waals surface area contributed by atoms with Crippen LogP contribution in [0.3, 0.4) is 0 Å². The van der Waals surface area contributed by atoms with Gasteiger partial charge in [-0.3, -0.25) is 4.79 Å². The van der Waals surface area contributed by atoms with Gasteiger partial charge in [0.2, 0.25) is 0 Å². The molecule has 2 aliphatic carbocycles. The van der Waals surface area contributed by atoms with Crippen molar-refractivity contribution >= 4 is 5.97 Å². The zero-order chi connectivity index (χ0) is 12.4. The van der Waals surface area contributed by atoms with E-state index in [1.54, 1.807) is 0 Å². The summed E-state index contributed by atoms with van der Waals surface area (Å²) in [5.74, 6) is 1.88. The first-order valence-electron chi connectivity index (χ1n) is 6.73. The number of carbonyl (C=O) groups is 1. The zero-order valence-electron chi connectivity index (χ0n) is 10.6. The summed E-state index contributed by atoms with van der Waals surface area (Å²) in [5, 5.41) is 8.72. The first-order valence-corrected chi connectivity index (χ1v) is 6.73. The van der Waals surface area contributed by atoms with Gasteiger partial charge in [-0.15, -0.1) is 0 Å². The Morgan fingerprint density at radius 2 is 2.24 bits per heavy atom. The van der Waals surface area contributed by atoms with Crippen LogP contribution in [0.1, 0.15) is 32.1 Å². The second kappa shape index (κ2) is 5.36. The maximum atomic E-state index is 10.6. The number of nitrogens with two attached hydrogens (primary N) is 1. The molecule has 4 nitrogen and oxygen atoms in total. The Hall–Kier alpha value is -0.610. The van der Waals surface area contributed by atoms with Gasteiger partial charge in [-0.05, 0) is 57.0 Å². The largest absolute Gasteiger partial charge is 0.480 e. The van der Waals surface area contributed by atoms with Gasteiger partial charge < -0.3 is 15.7 Å². The SMILES string of the molecule is CN(CCC(N)C(=O)O)CC1CC2CCC1C2. The second-order valence-corrected chi connectivity index (χ2v) is 5.93. The fourth-order valence-electron chi connectivity index (χ4n) is 3.57. The van der Waals surface area contributed by atoms with Crippen LogP contribution in [0.15, 0.2) is 0 Å². The molecule has 0 aliphatic heterocycles. The molecular formula is C13H24N2O2. The van der Waals surface area contributed by atoms with E-state index in [1.165, 1.54) is 25.7 Å². The lowest BCUT2D eigenvalue weighted by Gasteiger charge is -2.27. The molecule has 2 bridgehead atoms. The molecule has 0 saturated heterocycles. The summed E-state index contributed by atoms with van der Waals surface area (Å²) >= 11 is 0. The van der Waals surface area contributed by atoms with E-state index < -0.39 is 12.0 Å². The summed E-state index contributed by atoms with van der Waals surface area (Å²) in [6.45, 7) is 1.91. The molecule has 0 amide bonds. The van der Waals surface area contributed by atoms with Crippen molar-refractivity contribution in [2.45, 2.75) is 38.1 Å². The van der Waals surface area contributed by atoms with Gasteiger partial charge in [-0.1, -0.05) is 6.42 Å². The highest BCUT2D eigenvalue weighted by molar-refractivity contribution is 5.72. The lowest BCUT2D eigenvalue weighted by molar-refractivity contribution is -0.138. The van der Waals surface area contributed by atoms with Crippen molar-refractivity contribution in [2.24, 2.45) is 23.5 Å². The number of hydrogen-bond donors (Lipinski definition) is 2. The van der Waals surface area contributed by atoms with Crippen LogP contribution >= 0.6 is 0 Å². The number of hydrogen-bond acceptors (Lipinski definition) is 3. The fraction of sp³-hybridized carbons (Fsp3) is 0.923. The molecule has 0 aromatic carbocycles. The van der Waals surface area contributed by atoms with Crippen LogP contribution in [0.25, 0.3) is 0 Å². The lowest BCUT2D eigenvalue weighted by Crippen LogP contribution is -2.36. The Labute approximate surface area is 103 Å². The maximum Gasteiger partial charge on any atom is 0.320 e. The minimum atomic E-state index is -0.890. The highest BCUT2D eigenvalue weighted by Gasteiger charge is 2.39. The van der Waals surface area contributed by atoms with Gasteiger partial charge in [0.05, 0.1) is 0 Å². The summed E-state index contributed by atoms with van der Waals surface area (Å²) in [5.41, 5.74) is 5.51. The summed E-state index contributed by atoms with van der Waals surface area (Å²) in [4.78, 5) is 12.9. The van der Waals surface area contributed by atoms with Gasteiger partial charge in [0.1, 0.15) is 6.04 Å². The molecule has 98 valence electrons. The lowest BCUT2D eigenvalue weighted by atomic mass is 9.88. The number of carboxylic acid groups (broad SMARTS) is 1. The van der Waals surface area contributed by atoms with Crippen molar-refractivity contribution in [2.75, 3.05) is 20.1 Å². The van der Waals surface area contributed by atoms with Gasteiger partial charge in [-0.2, -0.15) is 0 Å². The van der Waals surface area contributed by atoms with E-state index in [-0.39, 0.29) is 0 Å². The van der Waals surface area contributed by atoms with Crippen LogP contribution in [0.5, 0.6) is 0 Å². The van der Waals surface area contributed by atoms with E-state index in [4.69, 9.17) is 10.8 Å². The quantitative estimate of drug-likeness (QED) is 0.731. The molecule has 2 aliphatic rings. The van der Waals surface area contributed by atoms with Crippen LogP contribution in [0.4, 0.5) is 0 Å². The maximum absolute atomic E-state index is 10.6. The van der Waals surface area contributed by atoms with E-state index >= 15 is 0 Å². The van der Waals surface area contributed by atoms with Crippen LogP contribution in [-0.4, -0.2) is 42.2 Å². The zero-order valence-corrected chi connectivity index (χ0v) is 10.6. The van der Waals surface area contributed by atoms with E-state index in [0.717, 1.165) is 30.8 Å². The molecular weight excluding hydrogens is 216 g/mol. The van der Waals surface area contributed by atoms with E-state index in [1.807, 2.05) is 0 Å². The molecule has 4 unspecified atom stereocenters. The van der Waals surface area contributed by atoms with E-state index in [0.29, 0.717) is 6.42 Å². The molecule has 0 heterocycles. The number of carboxylic acids is 1. The van der Waals surface area contributed by atoms with Gasteiger partial charge in [0, 0.05) is 6.54 Å². The van der Waals surface area contributed by atoms with Crippen molar-refractivity contribution < 1.29 is 9.90 Å². The monoisotopic (exact) mass is 240 g/mol. The second-order valence-electron chi connectivity index (χ2n) is 5.93. The van der Waals surface area contributed by atoms with Gasteiger partial charge in [0.15, 0.2) is 0 Å². The predicted molar refractivity (Wildman–Crippen MR) is 66.7 cm³/mol. The third-order valence-corrected chi connectivity index (χ3v) is 4.57. The third-order valence-electron chi connectivity index (χ3n) is 4.57. The highest BCUT2D eigenvalue weighted by atomic mass is 16.4. The summed E-state index contributed by atoms with van der Waals surface area (Å²) in [6, 6.07) is -0.711. The van der Waals surface area contributed by atoms with E-state index in [2.05, 4.69) is 11.9 Å². The molecule has 2 fully saturated rings. The fourth-order valence-corrected chi connectivity index (χ4v) is 3.57. The Morgan fingerprint density at radius 3 is 2.76 bits per heavy atom. The van der Waals surface area contributed by atoms with Crippen LogP contribution < -0.4 is 5.73 Å². The Kier molecular flexibility index (Phi) is 4.05. The molecule has 0 aromatic rings. The standard InChI is InChI=1S/C13H24N2O2/c1-15(5-4-12(14)13(16)17)8-11-7-9-2-3-10(11)6-9/h9-12H,2-8,14H2,1H3,(H,16,17). The molecule has 2 rings (SSSR count). The van der Waals surface area contributed by atoms with E-state index in [9.17, 15) is 4.79 Å². The van der Waals surface area contributed by atoms with Crippen molar-refractivity contribution in [3.63, 3.8) is 0 Å². The smallest absolute Gasteiger partial charge is 0.320 e. The molecule has 0 radical (unpaired) electrons. The van der Waals surface area contributed by atoms with Crippen LogP contribution in [0.2, 0.25) is 0 Å². The van der Waals surface area contributed by atoms with Crippen molar-refractivity contribution in [3.8, 4) is 0 Å². The number of aliphatic carboxylic acids is 1. The summed E-state index contributed by atoms with van der Waals surface area (Å²) < 4.78 is 0. The summed E-state index contributed by atoms with van der Waals surface area (Å²) in [7, 11) is 2.08. The topological polar surface area (TPSA) is 66.6 Å². The Balaban J connectivity index is 1.67. The Morgan fingerprint density at radius 1 is 1.47 bits per heavy atom. The van der Waals surface area contributed by atoms with Crippen molar-refractivity contribution in [3.05, 3.63) is 0 Å². The van der Waals surface area contributed by atoms with Gasteiger partial charge in [-0.25, -0.2) is 0 Å². The van der Waals surface area contributed by atoms with Crippen molar-refractivity contribution in [1.82, 2.24) is 4.90 Å².